The van der Waals surface area contributed by atoms with Gasteiger partial charge in [0, 0.05) is 25.7 Å². The number of nitrogens with one attached hydrogen (secondary N) is 1. The predicted molar refractivity (Wildman–Crippen MR) is 80.6 cm³/mol. The van der Waals surface area contributed by atoms with Gasteiger partial charge in [0.15, 0.2) is 0 Å². The van der Waals surface area contributed by atoms with Crippen LogP contribution in [0.25, 0.3) is 0 Å². The number of likely N-dealkylation sites (tertiary alicyclic amines) is 1. The maximum atomic E-state index is 12.4. The number of rotatable bonds is 3. The maximum absolute atomic E-state index is 12.4. The first-order valence-electron chi connectivity index (χ1n) is 8.24. The largest absolute Gasteiger partial charge is 0.396 e. The molecule has 2 N–H and O–H groups in total. The van der Waals surface area contributed by atoms with Crippen LogP contribution in [0.1, 0.15) is 58.8 Å². The van der Waals surface area contributed by atoms with Crippen LogP contribution in [0.2, 0.25) is 0 Å². The molecule has 0 aromatic heterocycles. The van der Waals surface area contributed by atoms with Crippen LogP contribution >= 0.6 is 0 Å². The van der Waals surface area contributed by atoms with Crippen molar-refractivity contribution in [2.24, 2.45) is 11.3 Å². The molecule has 2 fully saturated rings. The third kappa shape index (κ3) is 3.66. The molecule has 1 aliphatic heterocycles. The van der Waals surface area contributed by atoms with Crippen LogP contribution in [-0.2, 0) is 0 Å². The van der Waals surface area contributed by atoms with Gasteiger partial charge in [-0.3, -0.25) is 0 Å². The van der Waals surface area contributed by atoms with E-state index in [-0.39, 0.29) is 18.1 Å². The zero-order chi connectivity index (χ0) is 14.6. The Morgan fingerprint density at radius 2 is 1.95 bits per heavy atom. The number of nitrogens with zero attached hydrogens (tertiary/aromatic N) is 1. The van der Waals surface area contributed by atoms with Gasteiger partial charge in [-0.25, -0.2) is 4.79 Å². The molecule has 0 aromatic rings. The summed E-state index contributed by atoms with van der Waals surface area (Å²) in [6, 6.07) is 0.475. The molecule has 1 aliphatic carbocycles. The fourth-order valence-corrected chi connectivity index (χ4v) is 3.54. The van der Waals surface area contributed by atoms with E-state index in [0.717, 1.165) is 38.8 Å². The summed E-state index contributed by atoms with van der Waals surface area (Å²) in [5.74, 6) is 0.653. The number of carbonyl (C=O) groups excluding carboxylic acids is 1. The average Bonchev–Trinajstić information content (AvgIpc) is 2.48. The van der Waals surface area contributed by atoms with E-state index in [1.807, 2.05) is 4.90 Å². The fourth-order valence-electron chi connectivity index (χ4n) is 3.54. The lowest BCUT2D eigenvalue weighted by molar-refractivity contribution is 0.0682. The van der Waals surface area contributed by atoms with Crippen LogP contribution in [0.4, 0.5) is 4.79 Å². The normalized spacial score (nSPS) is 30.1. The van der Waals surface area contributed by atoms with Gasteiger partial charge in [0.1, 0.15) is 0 Å². The van der Waals surface area contributed by atoms with Crippen molar-refractivity contribution in [3.8, 4) is 0 Å². The van der Waals surface area contributed by atoms with Crippen LogP contribution in [0.15, 0.2) is 0 Å². The van der Waals surface area contributed by atoms with Gasteiger partial charge in [-0.1, -0.05) is 33.1 Å². The number of aliphatic hydroxyl groups is 1. The lowest BCUT2D eigenvalue weighted by atomic mass is 9.81. The predicted octanol–water partition coefficient (Wildman–Crippen LogP) is 2.76. The Bertz CT molecular complexity index is 324. The Morgan fingerprint density at radius 3 is 2.55 bits per heavy atom. The van der Waals surface area contributed by atoms with Gasteiger partial charge >= 0.3 is 6.03 Å². The first kappa shape index (κ1) is 15.6. The van der Waals surface area contributed by atoms with Crippen LogP contribution < -0.4 is 5.32 Å². The van der Waals surface area contributed by atoms with Gasteiger partial charge in [0.05, 0.1) is 0 Å². The Labute approximate surface area is 122 Å². The van der Waals surface area contributed by atoms with Gasteiger partial charge in [-0.15, -0.1) is 0 Å². The van der Waals surface area contributed by atoms with Crippen molar-refractivity contribution in [3.63, 3.8) is 0 Å². The van der Waals surface area contributed by atoms with Crippen molar-refractivity contribution in [1.29, 1.82) is 0 Å². The third-order valence-electron chi connectivity index (χ3n) is 5.38. The summed E-state index contributed by atoms with van der Waals surface area (Å²) < 4.78 is 0. The molecule has 2 atom stereocenters. The summed E-state index contributed by atoms with van der Waals surface area (Å²) in [6.45, 7) is 6.10. The number of carbonyl (C=O) groups is 1. The molecule has 0 bridgehead atoms. The van der Waals surface area contributed by atoms with E-state index in [0.29, 0.717) is 12.0 Å². The number of hydrogen-bond acceptors (Lipinski definition) is 2. The van der Waals surface area contributed by atoms with Crippen LogP contribution in [0.5, 0.6) is 0 Å². The first-order chi connectivity index (χ1) is 9.58. The highest BCUT2D eigenvalue weighted by Crippen LogP contribution is 2.31. The Balaban J connectivity index is 1.83. The Morgan fingerprint density at radius 1 is 1.30 bits per heavy atom. The minimum Gasteiger partial charge on any atom is -0.396 e. The van der Waals surface area contributed by atoms with Crippen LogP contribution in [-0.4, -0.2) is 41.8 Å². The lowest BCUT2D eigenvalue weighted by Gasteiger charge is -2.39. The highest BCUT2D eigenvalue weighted by atomic mass is 16.3. The number of hydrogen-bond donors (Lipinski definition) is 2. The molecule has 116 valence electrons. The molecule has 0 radical (unpaired) electrons. The van der Waals surface area contributed by atoms with Gasteiger partial charge in [0.2, 0.25) is 0 Å². The Kier molecular flexibility index (Phi) is 5.30. The van der Waals surface area contributed by atoms with Crippen LogP contribution in [0, 0.1) is 11.3 Å². The highest BCUT2D eigenvalue weighted by molar-refractivity contribution is 5.74. The zero-order valence-electron chi connectivity index (χ0n) is 13.0. The molecule has 2 amide bonds. The molecule has 0 unspecified atom stereocenters. The lowest BCUT2D eigenvalue weighted by Crippen LogP contribution is -2.52. The van der Waals surface area contributed by atoms with E-state index >= 15 is 0 Å². The number of urea groups is 1. The van der Waals surface area contributed by atoms with Crippen molar-refractivity contribution in [2.75, 3.05) is 19.7 Å². The summed E-state index contributed by atoms with van der Waals surface area (Å²) in [7, 11) is 0. The van der Waals surface area contributed by atoms with Gasteiger partial charge in [-0.2, -0.15) is 0 Å². The number of amides is 2. The van der Waals surface area contributed by atoms with Gasteiger partial charge in [-0.05, 0) is 37.0 Å². The first-order valence-corrected chi connectivity index (χ1v) is 8.24. The minimum absolute atomic E-state index is 0.00751. The summed E-state index contributed by atoms with van der Waals surface area (Å²) in [6.07, 6.45) is 7.90. The monoisotopic (exact) mass is 282 g/mol. The SMILES string of the molecule is CC[C@H]1CCCC[C@@H]1NC(=O)N1CCC(C)(CO)CC1. The zero-order valence-corrected chi connectivity index (χ0v) is 13.0. The molecule has 0 spiro atoms. The molecule has 20 heavy (non-hydrogen) atoms. The molecule has 4 nitrogen and oxygen atoms in total. The minimum atomic E-state index is 0.00751. The van der Waals surface area contributed by atoms with Crippen molar-refractivity contribution < 1.29 is 9.90 Å². The van der Waals surface area contributed by atoms with E-state index < -0.39 is 0 Å². The maximum Gasteiger partial charge on any atom is 0.317 e. The summed E-state index contributed by atoms with van der Waals surface area (Å²) in [4.78, 5) is 14.3. The average molecular weight is 282 g/mol. The van der Waals surface area contributed by atoms with Gasteiger partial charge < -0.3 is 15.3 Å². The molecule has 2 aliphatic rings. The number of piperidine rings is 1. The second-order valence-corrected chi connectivity index (χ2v) is 6.96. The Hall–Kier alpha value is -0.770. The molecule has 4 heteroatoms. The standard InChI is InChI=1S/C16H30N2O2/c1-3-13-6-4-5-7-14(13)17-15(20)18-10-8-16(2,12-19)9-11-18/h13-14,19H,3-12H2,1-2H3,(H,17,20)/t13-,14-/m0/s1. The second-order valence-electron chi connectivity index (χ2n) is 6.96. The van der Waals surface area contributed by atoms with E-state index in [4.69, 9.17) is 0 Å². The molecule has 1 heterocycles. The van der Waals surface area contributed by atoms with E-state index in [2.05, 4.69) is 19.2 Å². The molecule has 2 rings (SSSR count). The summed E-state index contributed by atoms with van der Waals surface area (Å²) in [5, 5.41) is 12.6. The molecule has 1 saturated carbocycles. The van der Waals surface area contributed by atoms with Crippen molar-refractivity contribution >= 4 is 6.03 Å². The highest BCUT2D eigenvalue weighted by Gasteiger charge is 2.33. The molecular formula is C16H30N2O2. The second kappa shape index (κ2) is 6.79. The van der Waals surface area contributed by atoms with E-state index in [1.165, 1.54) is 19.3 Å². The molecule has 1 saturated heterocycles. The third-order valence-corrected chi connectivity index (χ3v) is 5.38. The van der Waals surface area contributed by atoms with Crippen molar-refractivity contribution in [2.45, 2.75) is 64.8 Å². The quantitative estimate of drug-likeness (QED) is 0.836. The van der Waals surface area contributed by atoms with Gasteiger partial charge in [0.25, 0.3) is 0 Å². The summed E-state index contributed by atoms with van der Waals surface area (Å²) in [5.41, 5.74) is 0.00751. The fraction of sp³-hybridized carbons (Fsp3) is 0.938. The van der Waals surface area contributed by atoms with Crippen molar-refractivity contribution in [3.05, 3.63) is 0 Å². The smallest absolute Gasteiger partial charge is 0.317 e. The topological polar surface area (TPSA) is 52.6 Å². The van der Waals surface area contributed by atoms with Crippen molar-refractivity contribution in [1.82, 2.24) is 10.2 Å². The summed E-state index contributed by atoms with van der Waals surface area (Å²) >= 11 is 0. The molecular weight excluding hydrogens is 252 g/mol. The van der Waals surface area contributed by atoms with E-state index in [1.54, 1.807) is 0 Å². The van der Waals surface area contributed by atoms with Crippen LogP contribution in [0.3, 0.4) is 0 Å². The number of aliphatic hydroxyl groups excluding tert-OH is 1. The molecule has 0 aromatic carbocycles. The van der Waals surface area contributed by atoms with E-state index in [9.17, 15) is 9.90 Å².